The van der Waals surface area contributed by atoms with Crippen molar-refractivity contribution in [3.05, 3.63) is 18.5 Å². The Balaban J connectivity index is 1.83. The quantitative estimate of drug-likeness (QED) is 0.781. The average Bonchev–Trinajstić information content (AvgIpc) is 3.02. The van der Waals surface area contributed by atoms with Gasteiger partial charge in [-0.1, -0.05) is 24.3 Å². The van der Waals surface area contributed by atoms with E-state index in [1.54, 1.807) is 6.08 Å². The molecular formula is C15H22N4O3S2. The van der Waals surface area contributed by atoms with Gasteiger partial charge >= 0.3 is 0 Å². The first-order valence-electron chi connectivity index (χ1n) is 8.19. The van der Waals surface area contributed by atoms with E-state index in [1.807, 2.05) is 4.57 Å². The Bertz CT molecular complexity index is 729. The highest BCUT2D eigenvalue weighted by molar-refractivity contribution is 8.00. The summed E-state index contributed by atoms with van der Waals surface area (Å²) in [5.74, 6) is 0.922. The van der Waals surface area contributed by atoms with Crippen LogP contribution in [-0.4, -0.2) is 52.4 Å². The van der Waals surface area contributed by atoms with Gasteiger partial charge in [0.2, 0.25) is 5.91 Å². The van der Waals surface area contributed by atoms with Crippen LogP contribution in [0.4, 0.5) is 0 Å². The van der Waals surface area contributed by atoms with Gasteiger partial charge in [0, 0.05) is 19.0 Å². The van der Waals surface area contributed by atoms with Crippen LogP contribution in [-0.2, 0) is 21.2 Å². The molecule has 1 aromatic heterocycles. The summed E-state index contributed by atoms with van der Waals surface area (Å²) >= 11 is 1.41. The predicted molar refractivity (Wildman–Crippen MR) is 92.7 cm³/mol. The third-order valence-electron chi connectivity index (χ3n) is 4.39. The Morgan fingerprint density at radius 1 is 1.33 bits per heavy atom. The molecule has 0 bridgehead atoms. The zero-order valence-electron chi connectivity index (χ0n) is 13.5. The predicted octanol–water partition coefficient (Wildman–Crippen LogP) is 1.13. The largest absolute Gasteiger partial charge is 0.355 e. The van der Waals surface area contributed by atoms with Crippen molar-refractivity contribution < 1.29 is 13.2 Å². The molecule has 3 heterocycles. The molecule has 0 spiro atoms. The number of amides is 1. The van der Waals surface area contributed by atoms with Gasteiger partial charge in [0.05, 0.1) is 16.8 Å². The van der Waals surface area contributed by atoms with Gasteiger partial charge in [-0.2, -0.15) is 0 Å². The molecule has 1 amide bonds. The summed E-state index contributed by atoms with van der Waals surface area (Å²) in [7, 11) is -2.98. The first-order chi connectivity index (χ1) is 11.5. The Labute approximate surface area is 146 Å². The van der Waals surface area contributed by atoms with Gasteiger partial charge < -0.3 is 9.88 Å². The first-order valence-corrected chi connectivity index (χ1v) is 10.9. The van der Waals surface area contributed by atoms with Crippen molar-refractivity contribution in [2.75, 3.05) is 18.1 Å². The van der Waals surface area contributed by atoms with Gasteiger partial charge in [-0.3, -0.25) is 4.79 Å². The lowest BCUT2D eigenvalue weighted by atomic mass is 10.1. The molecule has 0 radical (unpaired) electrons. The van der Waals surface area contributed by atoms with Crippen molar-refractivity contribution >= 4 is 27.5 Å². The third-order valence-corrected chi connectivity index (χ3v) is 7.40. The zero-order valence-corrected chi connectivity index (χ0v) is 15.1. The van der Waals surface area contributed by atoms with E-state index in [2.05, 4.69) is 22.1 Å². The number of allylic oxidation sites excluding steroid dienone is 1. The fraction of sp³-hybridized carbons (Fsp3) is 0.667. The number of hydrogen-bond donors (Lipinski definition) is 1. The van der Waals surface area contributed by atoms with Crippen LogP contribution in [0.25, 0.3) is 0 Å². The summed E-state index contributed by atoms with van der Waals surface area (Å²) in [6.07, 6.45) is 5.12. The highest BCUT2D eigenvalue weighted by Gasteiger charge is 2.34. The molecule has 0 aliphatic carbocycles. The molecule has 2 aliphatic rings. The summed E-state index contributed by atoms with van der Waals surface area (Å²) in [5.41, 5.74) is 0. The molecule has 2 aliphatic heterocycles. The maximum Gasteiger partial charge on any atom is 0.233 e. The molecule has 2 unspecified atom stereocenters. The molecule has 0 saturated carbocycles. The van der Waals surface area contributed by atoms with Crippen molar-refractivity contribution in [3.63, 3.8) is 0 Å². The Kier molecular flexibility index (Phi) is 5.29. The van der Waals surface area contributed by atoms with Crippen molar-refractivity contribution in [2.24, 2.45) is 0 Å². The second kappa shape index (κ2) is 7.26. The average molecular weight is 371 g/mol. The number of aromatic nitrogens is 3. The van der Waals surface area contributed by atoms with Crippen LogP contribution >= 0.6 is 11.8 Å². The number of hydrogen-bond acceptors (Lipinski definition) is 6. The normalized spacial score (nSPS) is 26.8. The molecule has 24 heavy (non-hydrogen) atoms. The second-order valence-electron chi connectivity index (χ2n) is 6.23. The highest BCUT2D eigenvalue weighted by atomic mass is 32.2. The standard InChI is InChI=1S/C15H22N4O3S2/c1-2-8-19-13(11-6-9-24(21,22)10-11)17-18-15(19)23-12-5-3-4-7-16-14(12)20/h2,11-12H,1,3-10H2,(H,16,20). The molecule has 9 heteroatoms. The van der Waals surface area contributed by atoms with Crippen LogP contribution in [0.5, 0.6) is 0 Å². The van der Waals surface area contributed by atoms with Gasteiger partial charge in [0.1, 0.15) is 5.82 Å². The number of nitrogens with zero attached hydrogens (tertiary/aromatic N) is 3. The van der Waals surface area contributed by atoms with Crippen LogP contribution < -0.4 is 5.32 Å². The van der Waals surface area contributed by atoms with E-state index in [0.29, 0.717) is 23.9 Å². The lowest BCUT2D eigenvalue weighted by Gasteiger charge is -2.14. The van der Waals surface area contributed by atoms with Crippen LogP contribution in [0, 0.1) is 0 Å². The molecule has 3 rings (SSSR count). The molecule has 1 N–H and O–H groups in total. The minimum Gasteiger partial charge on any atom is -0.355 e. The first kappa shape index (κ1) is 17.5. The third kappa shape index (κ3) is 3.83. The summed E-state index contributed by atoms with van der Waals surface area (Å²) in [6, 6.07) is 0. The Morgan fingerprint density at radius 3 is 2.88 bits per heavy atom. The Hall–Kier alpha value is -1.35. The van der Waals surface area contributed by atoms with Gasteiger partial charge in [-0.15, -0.1) is 16.8 Å². The lowest BCUT2D eigenvalue weighted by molar-refractivity contribution is -0.120. The van der Waals surface area contributed by atoms with Crippen LogP contribution in [0.3, 0.4) is 0 Å². The van der Waals surface area contributed by atoms with E-state index >= 15 is 0 Å². The van der Waals surface area contributed by atoms with E-state index in [-0.39, 0.29) is 28.6 Å². The number of sulfone groups is 1. The van der Waals surface area contributed by atoms with Crippen molar-refractivity contribution in [2.45, 2.75) is 48.6 Å². The minimum absolute atomic E-state index is 0.0376. The zero-order chi connectivity index (χ0) is 17.2. The summed E-state index contributed by atoms with van der Waals surface area (Å²) in [6.45, 7) is 5.00. The number of carbonyl (C=O) groups is 1. The topological polar surface area (TPSA) is 93.9 Å². The molecule has 7 nitrogen and oxygen atoms in total. The lowest BCUT2D eigenvalue weighted by Crippen LogP contribution is -2.30. The van der Waals surface area contributed by atoms with E-state index < -0.39 is 9.84 Å². The molecule has 2 saturated heterocycles. The summed E-state index contributed by atoms with van der Waals surface area (Å²) in [4.78, 5) is 12.1. The van der Waals surface area contributed by atoms with Crippen molar-refractivity contribution in [3.8, 4) is 0 Å². The molecule has 1 aromatic rings. The molecule has 132 valence electrons. The molecule has 2 atom stereocenters. The van der Waals surface area contributed by atoms with Crippen LogP contribution in [0.2, 0.25) is 0 Å². The maximum atomic E-state index is 12.1. The summed E-state index contributed by atoms with van der Waals surface area (Å²) < 4.78 is 25.4. The van der Waals surface area contributed by atoms with Gasteiger partial charge in [0.25, 0.3) is 0 Å². The number of rotatable bonds is 5. The molecular weight excluding hydrogens is 348 g/mol. The van der Waals surface area contributed by atoms with E-state index in [0.717, 1.165) is 25.8 Å². The van der Waals surface area contributed by atoms with Gasteiger partial charge in [-0.05, 0) is 19.3 Å². The van der Waals surface area contributed by atoms with Crippen LogP contribution in [0.15, 0.2) is 17.8 Å². The van der Waals surface area contributed by atoms with Crippen molar-refractivity contribution in [1.82, 2.24) is 20.1 Å². The molecule has 2 fully saturated rings. The van der Waals surface area contributed by atoms with Crippen LogP contribution in [0.1, 0.15) is 37.4 Å². The second-order valence-corrected chi connectivity index (χ2v) is 9.63. The van der Waals surface area contributed by atoms with E-state index in [4.69, 9.17) is 0 Å². The molecule has 0 aromatic carbocycles. The fourth-order valence-corrected chi connectivity index (χ4v) is 5.99. The van der Waals surface area contributed by atoms with Gasteiger partial charge in [0.15, 0.2) is 15.0 Å². The monoisotopic (exact) mass is 370 g/mol. The fourth-order valence-electron chi connectivity index (χ4n) is 3.14. The minimum atomic E-state index is -2.98. The maximum absolute atomic E-state index is 12.1. The number of carbonyl (C=O) groups excluding carboxylic acids is 1. The Morgan fingerprint density at radius 2 is 2.17 bits per heavy atom. The highest BCUT2D eigenvalue weighted by Crippen LogP contribution is 2.32. The SMILES string of the molecule is C=CCn1c(SC2CCCCNC2=O)nnc1C1CCS(=O)(=O)C1. The van der Waals surface area contributed by atoms with Crippen molar-refractivity contribution in [1.29, 1.82) is 0 Å². The smallest absolute Gasteiger partial charge is 0.233 e. The number of thioether (sulfide) groups is 1. The van der Waals surface area contributed by atoms with E-state index in [1.165, 1.54) is 11.8 Å². The van der Waals surface area contributed by atoms with E-state index in [9.17, 15) is 13.2 Å². The number of nitrogens with one attached hydrogen (secondary N) is 1. The van der Waals surface area contributed by atoms with Gasteiger partial charge in [-0.25, -0.2) is 8.42 Å². The summed E-state index contributed by atoms with van der Waals surface area (Å²) in [5, 5.41) is 11.9.